The lowest BCUT2D eigenvalue weighted by molar-refractivity contribution is -0.287. The Morgan fingerprint density at radius 2 is 1.29 bits per heavy atom. The Balaban J connectivity index is 0. The average Bonchev–Trinajstić information content (AvgIpc) is 3.20. The molecule has 0 aromatic heterocycles. The van der Waals surface area contributed by atoms with Crippen LogP contribution in [0.25, 0.3) is 6.08 Å². The minimum atomic E-state index is -1.21. The second kappa shape index (κ2) is 32.1. The van der Waals surface area contributed by atoms with E-state index in [2.05, 4.69) is 29.9 Å². The van der Waals surface area contributed by atoms with Gasteiger partial charge in [-0.15, -0.1) is 6.58 Å². The number of nitrogens with one attached hydrogen (secondary N) is 1. The number of hydrogen-bond donors (Lipinski definition) is 7. The number of ether oxygens (including phenoxy) is 3. The molecule has 1 rings (SSSR count). The van der Waals surface area contributed by atoms with Crippen LogP contribution in [0, 0.1) is 10.8 Å². The number of aliphatic hydroxyl groups excluding tert-OH is 6. The van der Waals surface area contributed by atoms with Gasteiger partial charge in [0.15, 0.2) is 0 Å². The second-order valence-corrected chi connectivity index (χ2v) is 11.9. The van der Waals surface area contributed by atoms with E-state index in [4.69, 9.17) is 39.5 Å². The highest BCUT2D eigenvalue weighted by Crippen LogP contribution is 2.24. The van der Waals surface area contributed by atoms with Crippen LogP contribution in [0.4, 0.5) is 4.79 Å². The zero-order chi connectivity index (χ0) is 42.1. The molecule has 0 saturated carbocycles. The lowest BCUT2D eigenvalue weighted by Gasteiger charge is -2.25. The average molecular weight is 787 g/mol. The molecule has 0 aliphatic rings. The maximum atomic E-state index is 11.9. The molecular formula is C38H62N2O15. The number of hydrogen-bond acceptors (Lipinski definition) is 15. The van der Waals surface area contributed by atoms with E-state index in [0.29, 0.717) is 38.0 Å². The van der Waals surface area contributed by atoms with E-state index in [1.54, 1.807) is 26.0 Å². The summed E-state index contributed by atoms with van der Waals surface area (Å²) >= 11 is 0. The molecule has 55 heavy (non-hydrogen) atoms. The number of aliphatic hydroxyl groups is 6. The van der Waals surface area contributed by atoms with Crippen LogP contribution in [-0.4, -0.2) is 145 Å². The summed E-state index contributed by atoms with van der Waals surface area (Å²) in [6.45, 7) is 14.8. The van der Waals surface area contributed by atoms with Gasteiger partial charge in [0, 0.05) is 25.1 Å². The van der Waals surface area contributed by atoms with Gasteiger partial charge in [-0.25, -0.2) is 19.4 Å². The maximum absolute atomic E-state index is 11.9. The third kappa shape index (κ3) is 21.5. The molecule has 0 saturated heterocycles. The molecule has 0 unspecified atom stereocenters. The molecular weight excluding hydrogens is 724 g/mol. The van der Waals surface area contributed by atoms with Crippen LogP contribution in [0.2, 0.25) is 0 Å². The van der Waals surface area contributed by atoms with E-state index in [1.165, 1.54) is 11.8 Å². The highest BCUT2D eigenvalue weighted by atomic mass is 17.2. The van der Waals surface area contributed by atoms with Crippen LogP contribution in [0.3, 0.4) is 0 Å². The molecule has 7 N–H and O–H groups in total. The van der Waals surface area contributed by atoms with E-state index in [1.807, 2.05) is 24.3 Å². The van der Waals surface area contributed by atoms with Crippen molar-refractivity contribution < 1.29 is 73.8 Å². The van der Waals surface area contributed by atoms with Crippen molar-refractivity contribution in [3.05, 3.63) is 66.8 Å². The summed E-state index contributed by atoms with van der Waals surface area (Å²) in [6.07, 6.45) is 4.40. The predicted octanol–water partition coefficient (Wildman–Crippen LogP) is 1.29. The predicted molar refractivity (Wildman–Crippen MR) is 203 cm³/mol. The molecule has 1 aromatic rings. The molecule has 0 bridgehead atoms. The van der Waals surface area contributed by atoms with Crippen LogP contribution in [-0.2, 0) is 45.0 Å². The van der Waals surface area contributed by atoms with Gasteiger partial charge in [-0.3, -0.25) is 9.59 Å². The Labute approximate surface area is 323 Å². The van der Waals surface area contributed by atoms with Crippen molar-refractivity contribution in [2.24, 2.45) is 10.8 Å². The van der Waals surface area contributed by atoms with Crippen LogP contribution in [0.15, 0.2) is 55.7 Å². The topological polar surface area (TPSA) is 251 Å². The summed E-state index contributed by atoms with van der Waals surface area (Å²) in [6, 6.07) is 7.01. The summed E-state index contributed by atoms with van der Waals surface area (Å²) in [5.74, 6) is -1.68. The first kappa shape index (κ1) is 52.9. The number of benzene rings is 1. The Bertz CT molecular complexity index is 1230. The monoisotopic (exact) mass is 786 g/mol. The number of esters is 3. The largest absolute Gasteiger partial charge is 0.465 e. The highest BCUT2D eigenvalue weighted by molar-refractivity contribution is 5.87. The number of rotatable bonds is 26. The van der Waals surface area contributed by atoms with Crippen molar-refractivity contribution in [2.45, 2.75) is 46.6 Å². The molecule has 17 heteroatoms. The van der Waals surface area contributed by atoms with Gasteiger partial charge in [0.25, 0.3) is 0 Å². The zero-order valence-electron chi connectivity index (χ0n) is 32.4. The summed E-state index contributed by atoms with van der Waals surface area (Å²) in [5.41, 5.74) is -0.284. The fraction of sp³-hybridized carbons (Fsp3) is 0.579. The molecule has 0 aliphatic heterocycles. The smallest absolute Gasteiger partial charge is 0.333 e. The van der Waals surface area contributed by atoms with Gasteiger partial charge >= 0.3 is 23.9 Å². The van der Waals surface area contributed by atoms with Crippen LogP contribution < -0.4 is 5.32 Å². The molecule has 0 atom stereocenters. The molecule has 1 aromatic carbocycles. The van der Waals surface area contributed by atoms with E-state index < -0.39 is 61.2 Å². The Morgan fingerprint density at radius 3 is 1.73 bits per heavy atom. The Hall–Kier alpha value is -4.20. The van der Waals surface area contributed by atoms with Crippen molar-refractivity contribution in [1.29, 1.82) is 0 Å². The first-order valence-corrected chi connectivity index (χ1v) is 17.7. The number of carbonyl (C=O) groups excluding carboxylic acids is 4. The summed E-state index contributed by atoms with van der Waals surface area (Å²) in [7, 11) is 0. The van der Waals surface area contributed by atoms with Gasteiger partial charge in [-0.05, 0) is 30.9 Å². The SMILES string of the molecule is C=C(C)C(=O)OCCNC(=O)N(CCO)CCO.C=CCOOCCCOC(=O)C(CC)(CO)CO.C=Cc1ccc(COC(=O)C(CC)(CO)CO)cc1. The van der Waals surface area contributed by atoms with Crippen LogP contribution in [0.5, 0.6) is 0 Å². The number of carbonyl (C=O) groups is 4. The summed E-state index contributed by atoms with van der Waals surface area (Å²) < 4.78 is 14.9. The van der Waals surface area contributed by atoms with Crippen LogP contribution >= 0.6 is 0 Å². The summed E-state index contributed by atoms with van der Waals surface area (Å²) in [5, 5.41) is 56.7. The molecule has 0 aliphatic carbocycles. The fourth-order valence-electron chi connectivity index (χ4n) is 3.83. The maximum Gasteiger partial charge on any atom is 0.333 e. The minimum absolute atomic E-state index is 0.0452. The number of urea groups is 1. The van der Waals surface area contributed by atoms with Gasteiger partial charge in [-0.2, -0.15) is 0 Å². The van der Waals surface area contributed by atoms with Gasteiger partial charge in [0.05, 0.1) is 59.4 Å². The molecule has 17 nitrogen and oxygen atoms in total. The zero-order valence-corrected chi connectivity index (χ0v) is 32.4. The third-order valence-corrected chi connectivity index (χ3v) is 7.88. The van der Waals surface area contributed by atoms with Crippen molar-refractivity contribution in [1.82, 2.24) is 10.2 Å². The Kier molecular flexibility index (Phi) is 30.9. The third-order valence-electron chi connectivity index (χ3n) is 7.88. The molecule has 2 amide bonds. The quantitative estimate of drug-likeness (QED) is 0.0133. The first-order valence-electron chi connectivity index (χ1n) is 17.7. The van der Waals surface area contributed by atoms with Gasteiger partial charge in [0.2, 0.25) is 0 Å². The first-order chi connectivity index (χ1) is 26.3. The number of nitrogens with zero attached hydrogens (tertiary/aromatic N) is 1. The van der Waals surface area contributed by atoms with Gasteiger partial charge < -0.3 is 55.1 Å². The van der Waals surface area contributed by atoms with Gasteiger partial charge in [-0.1, -0.05) is 63.4 Å². The number of amides is 2. The lowest BCUT2D eigenvalue weighted by Crippen LogP contribution is -2.44. The lowest BCUT2D eigenvalue weighted by atomic mass is 9.87. The second-order valence-electron chi connectivity index (χ2n) is 11.9. The summed E-state index contributed by atoms with van der Waals surface area (Å²) in [4.78, 5) is 56.8. The molecule has 0 fully saturated rings. The molecule has 0 spiro atoms. The molecule has 0 heterocycles. The van der Waals surface area contributed by atoms with E-state index in [-0.39, 0.29) is 52.7 Å². The molecule has 0 radical (unpaired) electrons. The Morgan fingerprint density at radius 1 is 0.764 bits per heavy atom. The fourth-order valence-corrected chi connectivity index (χ4v) is 3.83. The normalized spacial score (nSPS) is 10.7. The van der Waals surface area contributed by atoms with E-state index >= 15 is 0 Å². The van der Waals surface area contributed by atoms with Crippen LogP contribution in [0.1, 0.15) is 51.2 Å². The van der Waals surface area contributed by atoms with E-state index in [9.17, 15) is 29.4 Å². The standard InChI is InChI=1S/C15H20O4.C12H22O6.C11H20N2O5/c1-3-12-5-7-13(8-6-12)9-19-14(18)15(4-2,10-16)11-17;1-3-6-17-18-8-5-7-16-11(15)12(4-2,9-13)10-14;1-9(2)10(16)18-8-3-12-11(17)13(4-6-14)5-7-15/h3,5-8,16-17H,1,4,9-11H2,2H3;3,13-14H,1,4-10H2,2H3;14-15H,1,3-8H2,2H3,(H,12,17). The highest BCUT2D eigenvalue weighted by Gasteiger charge is 2.38. The minimum Gasteiger partial charge on any atom is -0.465 e. The molecule has 314 valence electrons. The van der Waals surface area contributed by atoms with Crippen molar-refractivity contribution in [3.63, 3.8) is 0 Å². The van der Waals surface area contributed by atoms with Crippen molar-refractivity contribution in [3.8, 4) is 0 Å². The van der Waals surface area contributed by atoms with E-state index in [0.717, 1.165) is 11.1 Å². The van der Waals surface area contributed by atoms with Crippen molar-refractivity contribution in [2.75, 3.05) is 85.7 Å². The van der Waals surface area contributed by atoms with Crippen molar-refractivity contribution >= 4 is 30.0 Å². The van der Waals surface area contributed by atoms with Gasteiger partial charge in [0.1, 0.15) is 30.7 Å².